The number of nitrogens with one attached hydrogen (secondary N) is 2. The summed E-state index contributed by atoms with van der Waals surface area (Å²) in [6, 6.07) is 4.77. The van der Waals surface area contributed by atoms with Crippen LogP contribution in [0.25, 0.3) is 0 Å². The fourth-order valence-corrected chi connectivity index (χ4v) is 10.9. The summed E-state index contributed by atoms with van der Waals surface area (Å²) >= 11 is 6.19. The second-order valence-electron chi connectivity index (χ2n) is 11.8. The molecule has 0 aliphatic heterocycles. The van der Waals surface area contributed by atoms with Gasteiger partial charge in [0.15, 0.2) is 0 Å². The van der Waals surface area contributed by atoms with Crippen molar-refractivity contribution < 1.29 is 22.7 Å². The molecule has 6 atom stereocenters. The summed E-state index contributed by atoms with van der Waals surface area (Å²) in [5, 5.41) is 3.70. The first-order valence-corrected chi connectivity index (χ1v) is 14.6. The Balaban J connectivity index is 1.26. The first-order valence-electron chi connectivity index (χ1n) is 12.8. The van der Waals surface area contributed by atoms with E-state index in [0.29, 0.717) is 35.3 Å². The highest BCUT2D eigenvalue weighted by Gasteiger charge is 2.79. The van der Waals surface area contributed by atoms with Gasteiger partial charge < -0.3 is 10.1 Å². The number of hydrogen-bond donors (Lipinski definition) is 2. The second-order valence-corrected chi connectivity index (χ2v) is 13.8. The van der Waals surface area contributed by atoms with E-state index in [2.05, 4.69) is 10.0 Å². The van der Waals surface area contributed by atoms with E-state index in [-0.39, 0.29) is 39.6 Å². The second kappa shape index (κ2) is 7.68. The van der Waals surface area contributed by atoms with Crippen LogP contribution in [0.1, 0.15) is 63.4 Å². The van der Waals surface area contributed by atoms with Gasteiger partial charge in [0, 0.05) is 11.1 Å². The highest BCUT2D eigenvalue weighted by atomic mass is 35.5. The number of sulfonamides is 1. The summed E-state index contributed by atoms with van der Waals surface area (Å²) in [5.41, 5.74) is -1.03. The van der Waals surface area contributed by atoms with Gasteiger partial charge in [-0.3, -0.25) is 9.59 Å². The predicted molar refractivity (Wildman–Crippen MR) is 130 cm³/mol. The SMILES string of the molecule is COC(=O)C12CC3CC14CC(CC4C2)C3NC(=O)C1(NS(=O)(=O)c2cccc(Cl)c2C)CCCC1. The summed E-state index contributed by atoms with van der Waals surface area (Å²) in [6.07, 6.45) is 7.13. The third-order valence-electron chi connectivity index (χ3n) is 10.4. The van der Waals surface area contributed by atoms with Gasteiger partial charge in [0.25, 0.3) is 0 Å². The standard InChI is InChI=1S/C26H33ClN2O5S/c1-15-19(27)6-5-7-20(15)35(32,33)29-26(8-3-4-9-26)22(30)28-21-16-10-18-14-25(23(31)34-2)13-17(21)12-24(18,25)11-16/h5-7,16-18,21,29H,3-4,8-14H2,1-2H3,(H,28,30). The summed E-state index contributed by atoms with van der Waals surface area (Å²) in [5.74, 6) is 0.788. The van der Waals surface area contributed by atoms with E-state index in [1.54, 1.807) is 19.1 Å². The number of esters is 1. The normalized spacial score (nSPS) is 38.1. The molecule has 1 aromatic carbocycles. The molecular weight excluding hydrogens is 488 g/mol. The quantitative estimate of drug-likeness (QED) is 0.557. The maximum Gasteiger partial charge on any atom is 0.312 e. The lowest BCUT2D eigenvalue weighted by Gasteiger charge is -2.56. The van der Waals surface area contributed by atoms with Crippen LogP contribution in [0.5, 0.6) is 0 Å². The van der Waals surface area contributed by atoms with E-state index >= 15 is 0 Å². The maximum atomic E-state index is 13.9. The van der Waals surface area contributed by atoms with Gasteiger partial charge in [-0.05, 0) is 92.7 Å². The molecule has 1 spiro atoms. The summed E-state index contributed by atoms with van der Waals surface area (Å²) in [6.45, 7) is 1.68. The van der Waals surface area contributed by atoms with Crippen LogP contribution in [-0.2, 0) is 24.3 Å². The molecule has 0 aromatic heterocycles. The fourth-order valence-electron chi connectivity index (χ4n) is 8.93. The number of carbonyl (C=O) groups is 2. The molecule has 190 valence electrons. The Hall–Kier alpha value is -1.64. The molecule has 9 heteroatoms. The lowest BCUT2D eigenvalue weighted by Crippen LogP contribution is -2.60. The van der Waals surface area contributed by atoms with Gasteiger partial charge in [-0.25, -0.2) is 8.42 Å². The van der Waals surface area contributed by atoms with Gasteiger partial charge >= 0.3 is 5.97 Å². The number of amides is 1. The van der Waals surface area contributed by atoms with Gasteiger partial charge in [-0.2, -0.15) is 4.72 Å². The van der Waals surface area contributed by atoms with Crippen molar-refractivity contribution in [3.8, 4) is 0 Å². The molecule has 2 N–H and O–H groups in total. The van der Waals surface area contributed by atoms with Gasteiger partial charge in [-0.1, -0.05) is 30.5 Å². The number of ether oxygens (including phenoxy) is 1. The minimum atomic E-state index is -3.95. The molecule has 1 aromatic rings. The molecule has 6 rings (SSSR count). The van der Waals surface area contributed by atoms with Crippen molar-refractivity contribution >= 4 is 33.5 Å². The number of methoxy groups -OCH3 is 1. The van der Waals surface area contributed by atoms with Crippen molar-refractivity contribution in [3.05, 3.63) is 28.8 Å². The average Bonchev–Trinajstić information content (AvgIpc) is 3.44. The first kappa shape index (κ1) is 23.7. The Morgan fingerprint density at radius 1 is 1.09 bits per heavy atom. The zero-order valence-electron chi connectivity index (χ0n) is 20.2. The van der Waals surface area contributed by atoms with Crippen LogP contribution in [0.4, 0.5) is 0 Å². The van der Waals surface area contributed by atoms with E-state index in [1.165, 1.54) is 13.2 Å². The molecule has 0 saturated heterocycles. The van der Waals surface area contributed by atoms with Crippen LogP contribution < -0.4 is 10.0 Å². The van der Waals surface area contributed by atoms with Crippen molar-refractivity contribution in [2.45, 2.75) is 81.2 Å². The number of hydrogen-bond acceptors (Lipinski definition) is 5. The van der Waals surface area contributed by atoms with Crippen molar-refractivity contribution in [2.75, 3.05) is 7.11 Å². The number of fused-ring (bicyclic) bond motifs is 2. The van der Waals surface area contributed by atoms with Crippen molar-refractivity contribution in [3.63, 3.8) is 0 Å². The number of rotatable bonds is 6. The summed E-state index contributed by atoms with van der Waals surface area (Å²) in [4.78, 5) is 26.8. The Labute approximate surface area is 211 Å². The molecule has 35 heavy (non-hydrogen) atoms. The van der Waals surface area contributed by atoms with Gasteiger partial charge in [0.05, 0.1) is 17.4 Å². The highest BCUT2D eigenvalue weighted by molar-refractivity contribution is 7.89. The van der Waals surface area contributed by atoms with Crippen LogP contribution in [0.15, 0.2) is 23.1 Å². The topological polar surface area (TPSA) is 102 Å². The van der Waals surface area contributed by atoms with E-state index in [1.807, 2.05) is 0 Å². The van der Waals surface area contributed by atoms with E-state index in [4.69, 9.17) is 16.3 Å². The van der Waals surface area contributed by atoms with Crippen molar-refractivity contribution in [2.24, 2.45) is 28.6 Å². The van der Waals surface area contributed by atoms with Crippen LogP contribution >= 0.6 is 11.6 Å². The molecule has 1 amide bonds. The lowest BCUT2D eigenvalue weighted by molar-refractivity contribution is -0.183. The molecule has 0 heterocycles. The molecule has 5 aliphatic rings. The van der Waals surface area contributed by atoms with E-state index < -0.39 is 15.6 Å². The number of benzene rings is 1. The molecule has 5 aliphatic carbocycles. The zero-order valence-corrected chi connectivity index (χ0v) is 21.8. The average molecular weight is 521 g/mol. The maximum absolute atomic E-state index is 13.9. The third-order valence-corrected chi connectivity index (χ3v) is 12.5. The zero-order chi connectivity index (χ0) is 24.8. The molecule has 6 unspecified atom stereocenters. The van der Waals surface area contributed by atoms with Crippen molar-refractivity contribution in [1.29, 1.82) is 0 Å². The largest absolute Gasteiger partial charge is 0.469 e. The van der Waals surface area contributed by atoms with Crippen molar-refractivity contribution in [1.82, 2.24) is 10.0 Å². The molecule has 5 fully saturated rings. The molecule has 7 nitrogen and oxygen atoms in total. The fraction of sp³-hybridized carbons (Fsp3) is 0.692. The minimum Gasteiger partial charge on any atom is -0.469 e. The predicted octanol–water partition coefficient (Wildman–Crippen LogP) is 3.72. The minimum absolute atomic E-state index is 0.0256. The third kappa shape index (κ3) is 3.08. The Morgan fingerprint density at radius 2 is 1.80 bits per heavy atom. The van der Waals surface area contributed by atoms with Crippen LogP contribution in [0.3, 0.4) is 0 Å². The summed E-state index contributed by atoms with van der Waals surface area (Å²) < 4.78 is 34.9. The molecule has 5 saturated carbocycles. The molecular formula is C26H33ClN2O5S. The first-order chi connectivity index (χ1) is 16.6. The van der Waals surface area contributed by atoms with Gasteiger partial charge in [0.2, 0.25) is 15.9 Å². The lowest BCUT2D eigenvalue weighted by atomic mass is 9.46. The smallest absolute Gasteiger partial charge is 0.312 e. The van der Waals surface area contributed by atoms with Gasteiger partial charge in [-0.15, -0.1) is 0 Å². The monoisotopic (exact) mass is 520 g/mol. The summed E-state index contributed by atoms with van der Waals surface area (Å²) in [7, 11) is -2.47. The number of carbonyl (C=O) groups excluding carboxylic acids is 2. The molecule has 3 bridgehead atoms. The Morgan fingerprint density at radius 3 is 2.51 bits per heavy atom. The Kier molecular flexibility index (Phi) is 5.21. The Bertz CT molecular complexity index is 1210. The molecule has 0 radical (unpaired) electrons. The van der Waals surface area contributed by atoms with Crippen LogP contribution in [0, 0.1) is 35.5 Å². The van der Waals surface area contributed by atoms with Crippen LogP contribution in [-0.4, -0.2) is 39.0 Å². The van der Waals surface area contributed by atoms with E-state index in [9.17, 15) is 18.0 Å². The highest BCUT2D eigenvalue weighted by Crippen LogP contribution is 2.81. The van der Waals surface area contributed by atoms with E-state index in [0.717, 1.165) is 44.9 Å². The van der Waals surface area contributed by atoms with Gasteiger partial charge in [0.1, 0.15) is 5.54 Å². The number of halogens is 1. The van der Waals surface area contributed by atoms with Crippen LogP contribution in [0.2, 0.25) is 5.02 Å².